The van der Waals surface area contributed by atoms with Crippen molar-refractivity contribution in [2.75, 3.05) is 24.7 Å². The number of nitrogens with zero attached hydrogens (tertiary/aromatic N) is 1. The Kier molecular flexibility index (Phi) is 7.03. The van der Waals surface area contributed by atoms with Gasteiger partial charge in [-0.1, -0.05) is 0 Å². The van der Waals surface area contributed by atoms with Gasteiger partial charge in [-0.2, -0.15) is 11.8 Å². The summed E-state index contributed by atoms with van der Waals surface area (Å²) in [6, 6.07) is 0. The summed E-state index contributed by atoms with van der Waals surface area (Å²) in [5, 5.41) is 13.2. The zero-order valence-corrected chi connectivity index (χ0v) is 11.6. The van der Waals surface area contributed by atoms with E-state index in [9.17, 15) is 0 Å². The van der Waals surface area contributed by atoms with E-state index < -0.39 is 0 Å². The van der Waals surface area contributed by atoms with Gasteiger partial charge in [0.05, 0.1) is 10.7 Å². The number of aromatic nitrogens is 1. The molecule has 0 unspecified atom stereocenters. The third-order valence-electron chi connectivity index (χ3n) is 2.16. The molecule has 0 aliphatic heterocycles. The van der Waals surface area contributed by atoms with Gasteiger partial charge in [0, 0.05) is 30.3 Å². The minimum Gasteiger partial charge on any atom is -0.396 e. The summed E-state index contributed by atoms with van der Waals surface area (Å²) in [6.45, 7) is 6.37. The summed E-state index contributed by atoms with van der Waals surface area (Å²) in [6.07, 6.45) is 0.901. The number of thioether (sulfide) groups is 1. The molecule has 16 heavy (non-hydrogen) atoms. The van der Waals surface area contributed by atoms with Gasteiger partial charge in [-0.05, 0) is 26.0 Å². The Balaban J connectivity index is 2.05. The molecule has 0 bridgehead atoms. The number of hydrogen-bond acceptors (Lipinski definition) is 5. The summed E-state index contributed by atoms with van der Waals surface area (Å²) in [7, 11) is 0. The van der Waals surface area contributed by atoms with Crippen LogP contribution >= 0.6 is 23.1 Å². The van der Waals surface area contributed by atoms with E-state index >= 15 is 0 Å². The van der Waals surface area contributed by atoms with Crippen molar-refractivity contribution in [3.05, 3.63) is 15.6 Å². The maximum Gasteiger partial charge on any atom is 0.0900 e. The second kappa shape index (κ2) is 8.06. The molecule has 0 saturated heterocycles. The molecule has 1 rings (SSSR count). The van der Waals surface area contributed by atoms with Gasteiger partial charge in [-0.3, -0.25) is 0 Å². The fraction of sp³-hybridized carbons (Fsp3) is 0.727. The fourth-order valence-electron chi connectivity index (χ4n) is 1.35. The van der Waals surface area contributed by atoms with Crippen molar-refractivity contribution in [3.63, 3.8) is 0 Å². The minimum absolute atomic E-state index is 0.305. The quantitative estimate of drug-likeness (QED) is 0.702. The molecule has 0 atom stereocenters. The highest BCUT2D eigenvalue weighted by Crippen LogP contribution is 2.16. The summed E-state index contributed by atoms with van der Waals surface area (Å²) in [4.78, 5) is 5.74. The molecule has 1 heterocycles. The van der Waals surface area contributed by atoms with Gasteiger partial charge >= 0.3 is 0 Å². The summed E-state index contributed by atoms with van der Waals surface area (Å²) in [5.41, 5.74) is 1.16. The maximum atomic E-state index is 8.62. The van der Waals surface area contributed by atoms with Gasteiger partial charge in [0.25, 0.3) is 0 Å². The van der Waals surface area contributed by atoms with Gasteiger partial charge in [-0.15, -0.1) is 11.3 Å². The summed E-state index contributed by atoms with van der Waals surface area (Å²) >= 11 is 3.66. The second-order valence-electron chi connectivity index (χ2n) is 3.61. The van der Waals surface area contributed by atoms with Crippen molar-refractivity contribution in [2.45, 2.75) is 26.8 Å². The molecule has 5 heteroatoms. The number of nitrogens with one attached hydrogen (secondary N) is 1. The molecule has 0 aliphatic carbocycles. The number of aliphatic hydroxyl groups excluding tert-OH is 1. The van der Waals surface area contributed by atoms with E-state index in [0.29, 0.717) is 6.61 Å². The summed E-state index contributed by atoms with van der Waals surface area (Å²) in [5.74, 6) is 2.16. The van der Waals surface area contributed by atoms with E-state index in [1.165, 1.54) is 4.88 Å². The molecule has 3 nitrogen and oxygen atoms in total. The Morgan fingerprint density at radius 3 is 2.81 bits per heavy atom. The number of thiazole rings is 1. The van der Waals surface area contributed by atoms with Crippen LogP contribution < -0.4 is 5.32 Å². The van der Waals surface area contributed by atoms with E-state index in [4.69, 9.17) is 5.11 Å². The third-order valence-corrected chi connectivity index (χ3v) is 4.30. The number of aliphatic hydroxyl groups is 1. The number of aryl methyl sites for hydroxylation is 2. The van der Waals surface area contributed by atoms with E-state index in [1.807, 2.05) is 18.7 Å². The van der Waals surface area contributed by atoms with Crippen LogP contribution in [-0.2, 0) is 6.54 Å². The van der Waals surface area contributed by atoms with Crippen LogP contribution in [0.25, 0.3) is 0 Å². The summed E-state index contributed by atoms with van der Waals surface area (Å²) < 4.78 is 0. The van der Waals surface area contributed by atoms with Crippen LogP contribution in [0.5, 0.6) is 0 Å². The van der Waals surface area contributed by atoms with Crippen LogP contribution in [0.2, 0.25) is 0 Å². The van der Waals surface area contributed by atoms with Crippen molar-refractivity contribution in [1.82, 2.24) is 10.3 Å². The normalized spacial score (nSPS) is 10.9. The average molecular weight is 260 g/mol. The van der Waals surface area contributed by atoms with Gasteiger partial charge in [-0.25, -0.2) is 4.98 Å². The molecule has 0 spiro atoms. The van der Waals surface area contributed by atoms with E-state index in [-0.39, 0.29) is 0 Å². The Bertz CT molecular complexity index is 302. The monoisotopic (exact) mass is 260 g/mol. The molecule has 0 radical (unpaired) electrons. The van der Waals surface area contributed by atoms with Crippen LogP contribution in [0.4, 0.5) is 0 Å². The molecule has 0 saturated carbocycles. The standard InChI is InChI=1S/C11H20N2OS2/c1-9-11(16-10(2)13-9)8-12-4-7-15-6-3-5-14/h12,14H,3-8H2,1-2H3. The van der Waals surface area contributed by atoms with Crippen molar-refractivity contribution in [3.8, 4) is 0 Å². The zero-order chi connectivity index (χ0) is 11.8. The molecule has 92 valence electrons. The van der Waals surface area contributed by atoms with Crippen molar-refractivity contribution in [1.29, 1.82) is 0 Å². The third kappa shape index (κ3) is 5.30. The first-order valence-electron chi connectivity index (χ1n) is 5.56. The van der Waals surface area contributed by atoms with E-state index in [1.54, 1.807) is 11.3 Å². The topological polar surface area (TPSA) is 45.2 Å². The smallest absolute Gasteiger partial charge is 0.0900 e. The molecule has 0 aliphatic rings. The lowest BCUT2D eigenvalue weighted by molar-refractivity contribution is 0.296. The highest BCUT2D eigenvalue weighted by Gasteiger charge is 2.03. The van der Waals surface area contributed by atoms with Crippen LogP contribution in [0.3, 0.4) is 0 Å². The maximum absolute atomic E-state index is 8.62. The van der Waals surface area contributed by atoms with E-state index in [0.717, 1.165) is 41.7 Å². The Labute approximate surface area is 106 Å². The predicted octanol–water partition coefficient (Wildman–Crippen LogP) is 1.97. The van der Waals surface area contributed by atoms with Crippen LogP contribution in [-0.4, -0.2) is 34.7 Å². The van der Waals surface area contributed by atoms with Gasteiger partial charge in [0.2, 0.25) is 0 Å². The minimum atomic E-state index is 0.305. The fourth-order valence-corrected chi connectivity index (χ4v) is 3.09. The lowest BCUT2D eigenvalue weighted by atomic mass is 10.4. The molecule has 0 amide bonds. The molecular formula is C11H20N2OS2. The van der Waals surface area contributed by atoms with Gasteiger partial charge in [0.1, 0.15) is 0 Å². The first-order chi connectivity index (χ1) is 7.74. The Morgan fingerprint density at radius 2 is 2.19 bits per heavy atom. The largest absolute Gasteiger partial charge is 0.396 e. The highest BCUT2D eigenvalue weighted by atomic mass is 32.2. The molecule has 0 fully saturated rings. The van der Waals surface area contributed by atoms with Crippen LogP contribution in [0.1, 0.15) is 22.0 Å². The molecule has 1 aromatic rings. The molecule has 2 N–H and O–H groups in total. The predicted molar refractivity (Wildman–Crippen MR) is 72.3 cm³/mol. The SMILES string of the molecule is Cc1nc(C)c(CNCCSCCCO)s1. The van der Waals surface area contributed by atoms with Crippen LogP contribution in [0, 0.1) is 13.8 Å². The zero-order valence-electron chi connectivity index (χ0n) is 9.95. The molecule has 1 aromatic heterocycles. The average Bonchev–Trinajstić information content (AvgIpc) is 2.56. The second-order valence-corrected chi connectivity index (χ2v) is 6.12. The lowest BCUT2D eigenvalue weighted by Gasteiger charge is -2.03. The molecular weight excluding hydrogens is 240 g/mol. The Hall–Kier alpha value is -0.100. The lowest BCUT2D eigenvalue weighted by Crippen LogP contribution is -2.16. The van der Waals surface area contributed by atoms with Crippen molar-refractivity contribution in [2.24, 2.45) is 0 Å². The van der Waals surface area contributed by atoms with Crippen molar-refractivity contribution >= 4 is 23.1 Å². The molecule has 0 aromatic carbocycles. The van der Waals surface area contributed by atoms with Crippen LogP contribution in [0.15, 0.2) is 0 Å². The highest BCUT2D eigenvalue weighted by molar-refractivity contribution is 7.99. The number of rotatable bonds is 8. The van der Waals surface area contributed by atoms with Gasteiger partial charge in [0.15, 0.2) is 0 Å². The first-order valence-corrected chi connectivity index (χ1v) is 7.53. The van der Waals surface area contributed by atoms with E-state index in [2.05, 4.69) is 17.2 Å². The number of hydrogen-bond donors (Lipinski definition) is 2. The van der Waals surface area contributed by atoms with Gasteiger partial charge < -0.3 is 10.4 Å². The first kappa shape index (κ1) is 14.0. The van der Waals surface area contributed by atoms with Crippen molar-refractivity contribution < 1.29 is 5.11 Å². The Morgan fingerprint density at radius 1 is 1.38 bits per heavy atom.